The van der Waals surface area contributed by atoms with Crippen molar-refractivity contribution in [3.63, 3.8) is 0 Å². The van der Waals surface area contributed by atoms with Crippen LogP contribution in [0.2, 0.25) is 0 Å². The molecule has 0 aliphatic carbocycles. The highest BCUT2D eigenvalue weighted by molar-refractivity contribution is 5.94. The minimum absolute atomic E-state index is 0.0616. The van der Waals surface area contributed by atoms with E-state index in [-0.39, 0.29) is 17.9 Å². The van der Waals surface area contributed by atoms with E-state index < -0.39 is 11.8 Å². The molecule has 0 spiro atoms. The fourth-order valence-corrected chi connectivity index (χ4v) is 1.31. The van der Waals surface area contributed by atoms with E-state index in [2.05, 4.69) is 0 Å². The molecule has 0 heterocycles. The zero-order valence-electron chi connectivity index (χ0n) is 8.96. The Morgan fingerprint density at radius 3 is 2.67 bits per heavy atom. The first-order chi connectivity index (χ1) is 7.11. The summed E-state index contributed by atoms with van der Waals surface area (Å²) in [5.41, 5.74) is 0.783. The first-order valence-corrected chi connectivity index (χ1v) is 4.62. The van der Waals surface area contributed by atoms with E-state index in [1.807, 2.05) is 0 Å². The van der Waals surface area contributed by atoms with Crippen LogP contribution in [0.3, 0.4) is 0 Å². The lowest BCUT2D eigenvalue weighted by Gasteiger charge is -2.10. The average molecular weight is 212 g/mol. The molecule has 0 atom stereocenters. The maximum atomic E-state index is 13.3. The SMILES string of the molecule is CCOC(=O)c1c(C)ccc(F)c1OC. The van der Waals surface area contributed by atoms with Gasteiger partial charge >= 0.3 is 5.97 Å². The number of hydrogen-bond acceptors (Lipinski definition) is 3. The Bertz CT molecular complexity index is 374. The molecule has 0 amide bonds. The molecule has 1 rings (SSSR count). The second-order valence-corrected chi connectivity index (χ2v) is 2.99. The van der Waals surface area contributed by atoms with E-state index in [9.17, 15) is 9.18 Å². The summed E-state index contributed by atoms with van der Waals surface area (Å²) in [5.74, 6) is -1.19. The first-order valence-electron chi connectivity index (χ1n) is 4.62. The van der Waals surface area contributed by atoms with Crippen LogP contribution in [0, 0.1) is 12.7 Å². The molecule has 0 aliphatic heterocycles. The molecule has 82 valence electrons. The van der Waals surface area contributed by atoms with Crippen LogP contribution in [0.5, 0.6) is 5.75 Å². The summed E-state index contributed by atoms with van der Waals surface area (Å²) < 4.78 is 23.0. The highest BCUT2D eigenvalue weighted by Gasteiger charge is 2.19. The molecular formula is C11H13FO3. The smallest absolute Gasteiger partial charge is 0.342 e. The van der Waals surface area contributed by atoms with Gasteiger partial charge in [0, 0.05) is 0 Å². The summed E-state index contributed by atoms with van der Waals surface area (Å²) in [7, 11) is 1.32. The maximum Gasteiger partial charge on any atom is 0.342 e. The Morgan fingerprint density at radius 1 is 1.47 bits per heavy atom. The quantitative estimate of drug-likeness (QED) is 0.721. The van der Waals surface area contributed by atoms with Crippen molar-refractivity contribution < 1.29 is 18.7 Å². The molecule has 1 aromatic rings. The lowest BCUT2D eigenvalue weighted by atomic mass is 10.1. The van der Waals surface area contributed by atoms with Crippen LogP contribution in [-0.4, -0.2) is 19.7 Å². The van der Waals surface area contributed by atoms with Gasteiger partial charge in [-0.25, -0.2) is 9.18 Å². The van der Waals surface area contributed by atoms with Crippen LogP contribution >= 0.6 is 0 Å². The van der Waals surface area contributed by atoms with Gasteiger partial charge in [0.15, 0.2) is 11.6 Å². The predicted molar refractivity (Wildman–Crippen MR) is 53.6 cm³/mol. The molecule has 3 nitrogen and oxygen atoms in total. The van der Waals surface area contributed by atoms with Crippen LogP contribution in [-0.2, 0) is 4.74 Å². The Balaban J connectivity index is 3.24. The summed E-state index contributed by atoms with van der Waals surface area (Å²) in [5, 5.41) is 0. The third-order valence-electron chi connectivity index (χ3n) is 2.00. The number of methoxy groups -OCH3 is 1. The van der Waals surface area contributed by atoms with Crippen LogP contribution < -0.4 is 4.74 Å². The second kappa shape index (κ2) is 4.77. The normalized spacial score (nSPS) is 9.87. The highest BCUT2D eigenvalue weighted by atomic mass is 19.1. The Kier molecular flexibility index (Phi) is 3.66. The van der Waals surface area contributed by atoms with Gasteiger partial charge in [-0.2, -0.15) is 0 Å². The van der Waals surface area contributed by atoms with Crippen LogP contribution in [0.1, 0.15) is 22.8 Å². The Labute approximate surface area is 87.8 Å². The minimum Gasteiger partial charge on any atom is -0.493 e. The van der Waals surface area contributed by atoms with E-state index in [1.54, 1.807) is 13.8 Å². The number of hydrogen-bond donors (Lipinski definition) is 0. The highest BCUT2D eigenvalue weighted by Crippen LogP contribution is 2.26. The monoisotopic (exact) mass is 212 g/mol. The van der Waals surface area contributed by atoms with Gasteiger partial charge in [-0.3, -0.25) is 0 Å². The van der Waals surface area contributed by atoms with Gasteiger partial charge in [0.1, 0.15) is 5.56 Å². The maximum absolute atomic E-state index is 13.3. The van der Waals surface area contributed by atoms with Crippen molar-refractivity contribution in [2.24, 2.45) is 0 Å². The molecule has 0 radical (unpaired) electrons. The van der Waals surface area contributed by atoms with E-state index in [0.717, 1.165) is 0 Å². The molecule has 0 saturated carbocycles. The van der Waals surface area contributed by atoms with Gasteiger partial charge < -0.3 is 9.47 Å². The van der Waals surface area contributed by atoms with Crippen molar-refractivity contribution in [1.82, 2.24) is 0 Å². The average Bonchev–Trinajstić information content (AvgIpc) is 2.21. The molecular weight excluding hydrogens is 199 g/mol. The number of ether oxygens (including phenoxy) is 2. The van der Waals surface area contributed by atoms with E-state index in [0.29, 0.717) is 5.56 Å². The summed E-state index contributed by atoms with van der Waals surface area (Å²) >= 11 is 0. The molecule has 1 aromatic carbocycles. The molecule has 0 unspecified atom stereocenters. The van der Waals surface area contributed by atoms with Crippen molar-refractivity contribution in [3.8, 4) is 5.75 Å². The molecule has 0 aliphatic rings. The Hall–Kier alpha value is -1.58. The number of benzene rings is 1. The molecule has 15 heavy (non-hydrogen) atoms. The predicted octanol–water partition coefficient (Wildman–Crippen LogP) is 2.32. The lowest BCUT2D eigenvalue weighted by molar-refractivity contribution is 0.0521. The van der Waals surface area contributed by atoms with Gasteiger partial charge in [-0.15, -0.1) is 0 Å². The van der Waals surface area contributed by atoms with Crippen LogP contribution in [0.25, 0.3) is 0 Å². The number of esters is 1. The standard InChI is InChI=1S/C11H13FO3/c1-4-15-11(13)9-7(2)5-6-8(12)10(9)14-3/h5-6H,4H2,1-3H3. The third kappa shape index (κ3) is 2.26. The summed E-state index contributed by atoms with van der Waals surface area (Å²) in [6.45, 7) is 3.64. The van der Waals surface area contributed by atoms with Crippen molar-refractivity contribution in [2.75, 3.05) is 13.7 Å². The number of carbonyl (C=O) groups is 1. The molecule has 0 bridgehead atoms. The summed E-state index contributed by atoms with van der Waals surface area (Å²) in [4.78, 5) is 11.5. The number of aryl methyl sites for hydroxylation is 1. The number of rotatable bonds is 3. The summed E-state index contributed by atoms with van der Waals surface area (Å²) in [6, 6.07) is 2.78. The van der Waals surface area contributed by atoms with Crippen LogP contribution in [0.15, 0.2) is 12.1 Å². The fraction of sp³-hybridized carbons (Fsp3) is 0.364. The third-order valence-corrected chi connectivity index (χ3v) is 2.00. The van der Waals surface area contributed by atoms with Gasteiger partial charge in [0.25, 0.3) is 0 Å². The first kappa shape index (κ1) is 11.5. The second-order valence-electron chi connectivity index (χ2n) is 2.99. The molecule has 4 heteroatoms. The van der Waals surface area contributed by atoms with E-state index in [4.69, 9.17) is 9.47 Å². The fourth-order valence-electron chi connectivity index (χ4n) is 1.31. The minimum atomic E-state index is -0.564. The van der Waals surface area contributed by atoms with Crippen molar-refractivity contribution in [1.29, 1.82) is 0 Å². The van der Waals surface area contributed by atoms with Crippen molar-refractivity contribution in [2.45, 2.75) is 13.8 Å². The van der Waals surface area contributed by atoms with Gasteiger partial charge in [0.2, 0.25) is 0 Å². The number of carbonyl (C=O) groups excluding carboxylic acids is 1. The van der Waals surface area contributed by atoms with Gasteiger partial charge in [0.05, 0.1) is 13.7 Å². The van der Waals surface area contributed by atoms with E-state index >= 15 is 0 Å². The number of halogens is 1. The van der Waals surface area contributed by atoms with E-state index in [1.165, 1.54) is 19.2 Å². The van der Waals surface area contributed by atoms with Gasteiger partial charge in [-0.1, -0.05) is 6.07 Å². The zero-order chi connectivity index (χ0) is 11.4. The Morgan fingerprint density at radius 2 is 2.13 bits per heavy atom. The van der Waals surface area contributed by atoms with Crippen LogP contribution in [0.4, 0.5) is 4.39 Å². The molecule has 0 fully saturated rings. The molecule has 0 N–H and O–H groups in total. The van der Waals surface area contributed by atoms with Gasteiger partial charge in [-0.05, 0) is 25.5 Å². The lowest BCUT2D eigenvalue weighted by Crippen LogP contribution is -2.10. The molecule has 0 aromatic heterocycles. The van der Waals surface area contributed by atoms with Crippen molar-refractivity contribution >= 4 is 5.97 Å². The zero-order valence-corrected chi connectivity index (χ0v) is 8.96. The molecule has 0 saturated heterocycles. The largest absolute Gasteiger partial charge is 0.493 e. The summed E-state index contributed by atoms with van der Waals surface area (Å²) in [6.07, 6.45) is 0. The topological polar surface area (TPSA) is 35.5 Å². The van der Waals surface area contributed by atoms with Crippen molar-refractivity contribution in [3.05, 3.63) is 29.1 Å².